The van der Waals surface area contributed by atoms with Crippen LogP contribution in [-0.2, 0) is 9.84 Å². The summed E-state index contributed by atoms with van der Waals surface area (Å²) in [6.07, 6.45) is 4.89. The van der Waals surface area contributed by atoms with E-state index in [4.69, 9.17) is 0 Å². The highest BCUT2D eigenvalue weighted by Gasteiger charge is 2.38. The molecule has 0 aromatic heterocycles. The normalized spacial score (nSPS) is 24.6. The standard InChI is InChI=1S/C20H27FN2O3S/c1-20(2)11-12-23(13-14-27(20,25)26)19(24)22-18-9-5-16(6-10-18)15-3-7-17(21)8-4-15/h3-5,7-8,18H,6,9-14H2,1-2H3,(H,22,24)/t18-/m0/s1. The smallest absolute Gasteiger partial charge is 0.317 e. The topological polar surface area (TPSA) is 66.5 Å². The average molecular weight is 395 g/mol. The maximum atomic E-state index is 13.1. The predicted octanol–water partition coefficient (Wildman–Crippen LogP) is 3.37. The van der Waals surface area contributed by atoms with Crippen LogP contribution in [0.2, 0.25) is 0 Å². The van der Waals surface area contributed by atoms with Gasteiger partial charge in [-0.15, -0.1) is 0 Å². The van der Waals surface area contributed by atoms with E-state index in [1.54, 1.807) is 30.9 Å². The molecule has 0 unspecified atom stereocenters. The van der Waals surface area contributed by atoms with Crippen molar-refractivity contribution >= 4 is 21.4 Å². The monoisotopic (exact) mass is 394 g/mol. The minimum atomic E-state index is -3.20. The van der Waals surface area contributed by atoms with Gasteiger partial charge in [-0.2, -0.15) is 0 Å². The Morgan fingerprint density at radius 2 is 1.93 bits per heavy atom. The molecule has 7 heteroatoms. The van der Waals surface area contributed by atoms with Crippen molar-refractivity contribution in [2.45, 2.75) is 50.3 Å². The molecule has 2 aliphatic rings. The number of nitrogens with zero attached hydrogens (tertiary/aromatic N) is 1. The second-order valence-electron chi connectivity index (χ2n) is 7.97. The summed E-state index contributed by atoms with van der Waals surface area (Å²) in [7, 11) is -3.20. The molecule has 1 aliphatic carbocycles. The highest BCUT2D eigenvalue weighted by molar-refractivity contribution is 7.92. The van der Waals surface area contributed by atoms with Gasteiger partial charge in [-0.1, -0.05) is 18.2 Å². The number of amides is 2. The number of hydrogen-bond acceptors (Lipinski definition) is 3. The summed E-state index contributed by atoms with van der Waals surface area (Å²) < 4.78 is 36.8. The lowest BCUT2D eigenvalue weighted by atomic mass is 9.91. The molecule has 27 heavy (non-hydrogen) atoms. The highest BCUT2D eigenvalue weighted by Crippen LogP contribution is 2.28. The van der Waals surface area contributed by atoms with Crippen LogP contribution in [0.4, 0.5) is 9.18 Å². The lowest BCUT2D eigenvalue weighted by molar-refractivity contribution is 0.195. The van der Waals surface area contributed by atoms with E-state index in [0.717, 1.165) is 24.8 Å². The van der Waals surface area contributed by atoms with Gasteiger partial charge in [0.15, 0.2) is 9.84 Å². The van der Waals surface area contributed by atoms with Gasteiger partial charge >= 0.3 is 6.03 Å². The molecule has 1 N–H and O–H groups in total. The number of carbonyl (C=O) groups is 1. The summed E-state index contributed by atoms with van der Waals surface area (Å²) in [6.45, 7) is 4.14. The molecule has 1 atom stereocenters. The first-order valence-corrected chi connectivity index (χ1v) is 11.1. The number of halogens is 1. The molecule has 5 nitrogen and oxygen atoms in total. The van der Waals surface area contributed by atoms with Gasteiger partial charge in [0.2, 0.25) is 0 Å². The zero-order valence-corrected chi connectivity index (χ0v) is 16.7. The van der Waals surface area contributed by atoms with E-state index in [1.807, 2.05) is 0 Å². The van der Waals surface area contributed by atoms with Gasteiger partial charge in [-0.05, 0) is 62.8 Å². The van der Waals surface area contributed by atoms with Crippen LogP contribution in [0.1, 0.15) is 45.1 Å². The predicted molar refractivity (Wildman–Crippen MR) is 105 cm³/mol. The molecule has 1 aliphatic heterocycles. The molecule has 0 saturated carbocycles. The lowest BCUT2D eigenvalue weighted by Gasteiger charge is -2.27. The Hall–Kier alpha value is -1.89. The van der Waals surface area contributed by atoms with Gasteiger partial charge in [0.05, 0.1) is 10.5 Å². The van der Waals surface area contributed by atoms with Crippen LogP contribution < -0.4 is 5.32 Å². The van der Waals surface area contributed by atoms with Gasteiger partial charge in [0.1, 0.15) is 5.82 Å². The number of hydrogen-bond donors (Lipinski definition) is 1. The number of rotatable bonds is 2. The van der Waals surface area contributed by atoms with Crippen LogP contribution in [0.5, 0.6) is 0 Å². The molecule has 1 aromatic carbocycles. The molecular weight excluding hydrogens is 367 g/mol. The van der Waals surface area contributed by atoms with Crippen LogP contribution in [0.15, 0.2) is 30.3 Å². The Kier molecular flexibility index (Phi) is 5.60. The molecule has 1 fully saturated rings. The fourth-order valence-corrected chi connectivity index (χ4v) is 4.95. The van der Waals surface area contributed by atoms with Crippen molar-refractivity contribution in [2.24, 2.45) is 0 Å². The average Bonchev–Trinajstić information content (AvgIpc) is 2.72. The maximum Gasteiger partial charge on any atom is 0.317 e. The van der Waals surface area contributed by atoms with E-state index in [9.17, 15) is 17.6 Å². The lowest BCUT2D eigenvalue weighted by Crippen LogP contribution is -2.46. The molecule has 3 rings (SSSR count). The minimum Gasteiger partial charge on any atom is -0.335 e. The first-order chi connectivity index (χ1) is 12.7. The third kappa shape index (κ3) is 4.51. The fourth-order valence-electron chi connectivity index (χ4n) is 3.54. The zero-order valence-electron chi connectivity index (χ0n) is 15.9. The fraction of sp³-hybridized carbons (Fsp3) is 0.550. The molecule has 148 valence electrons. The van der Waals surface area contributed by atoms with Gasteiger partial charge in [0, 0.05) is 19.1 Å². The second-order valence-corrected chi connectivity index (χ2v) is 10.7. The number of allylic oxidation sites excluding steroid dienone is 1. The molecule has 1 heterocycles. The number of benzene rings is 1. The number of nitrogens with one attached hydrogen (secondary N) is 1. The van der Waals surface area contributed by atoms with Crippen molar-refractivity contribution in [2.75, 3.05) is 18.8 Å². The maximum absolute atomic E-state index is 13.1. The summed E-state index contributed by atoms with van der Waals surface area (Å²) in [5.74, 6) is -0.241. The van der Waals surface area contributed by atoms with E-state index >= 15 is 0 Å². The van der Waals surface area contributed by atoms with Crippen LogP contribution in [0.3, 0.4) is 0 Å². The van der Waals surface area contributed by atoms with Crippen molar-refractivity contribution in [3.05, 3.63) is 41.7 Å². The number of carbonyl (C=O) groups excluding carboxylic acids is 1. The Labute approximate surface area is 160 Å². The van der Waals surface area contributed by atoms with E-state index < -0.39 is 14.6 Å². The molecule has 0 radical (unpaired) electrons. The first-order valence-electron chi connectivity index (χ1n) is 9.41. The largest absolute Gasteiger partial charge is 0.335 e. The molecule has 1 aromatic rings. The Balaban J connectivity index is 1.57. The summed E-state index contributed by atoms with van der Waals surface area (Å²) in [4.78, 5) is 14.2. The van der Waals surface area contributed by atoms with Crippen molar-refractivity contribution in [1.82, 2.24) is 10.2 Å². The van der Waals surface area contributed by atoms with E-state index in [0.29, 0.717) is 13.0 Å². The van der Waals surface area contributed by atoms with Gasteiger partial charge in [0.25, 0.3) is 0 Å². The third-order valence-corrected chi connectivity index (χ3v) is 8.30. The van der Waals surface area contributed by atoms with Crippen molar-refractivity contribution in [3.63, 3.8) is 0 Å². The minimum absolute atomic E-state index is 0.00665. The Bertz CT molecular complexity index is 831. The first kappa shape index (κ1) is 19.9. The highest BCUT2D eigenvalue weighted by atomic mass is 32.2. The van der Waals surface area contributed by atoms with E-state index in [1.165, 1.54) is 17.7 Å². The summed E-state index contributed by atoms with van der Waals surface area (Å²) in [6, 6.07) is 6.32. The molecule has 0 spiro atoms. The number of sulfone groups is 1. The van der Waals surface area contributed by atoms with Gasteiger partial charge in [-0.3, -0.25) is 0 Å². The third-order valence-electron chi connectivity index (χ3n) is 5.70. The SMILES string of the molecule is CC1(C)CCN(C(=O)N[C@H]2CC=C(c3ccc(F)cc3)CC2)CCS1(=O)=O. The van der Waals surface area contributed by atoms with E-state index in [2.05, 4.69) is 11.4 Å². The van der Waals surface area contributed by atoms with Crippen molar-refractivity contribution in [3.8, 4) is 0 Å². The molecule has 2 amide bonds. The Morgan fingerprint density at radius 1 is 1.22 bits per heavy atom. The van der Waals surface area contributed by atoms with Crippen LogP contribution >= 0.6 is 0 Å². The van der Waals surface area contributed by atoms with Crippen LogP contribution in [0, 0.1) is 5.82 Å². The number of urea groups is 1. The van der Waals surface area contributed by atoms with Crippen molar-refractivity contribution < 1.29 is 17.6 Å². The molecular formula is C20H27FN2O3S. The van der Waals surface area contributed by atoms with Crippen molar-refractivity contribution in [1.29, 1.82) is 0 Å². The van der Waals surface area contributed by atoms with E-state index in [-0.39, 0.29) is 30.2 Å². The second kappa shape index (κ2) is 7.62. The zero-order chi connectivity index (χ0) is 19.7. The molecule has 1 saturated heterocycles. The van der Waals surface area contributed by atoms with Crippen LogP contribution in [0.25, 0.3) is 5.57 Å². The quantitative estimate of drug-likeness (QED) is 0.836. The van der Waals surface area contributed by atoms with Gasteiger partial charge in [-0.25, -0.2) is 17.6 Å². The van der Waals surface area contributed by atoms with Gasteiger partial charge < -0.3 is 10.2 Å². The summed E-state index contributed by atoms with van der Waals surface area (Å²) in [5.41, 5.74) is 2.18. The Morgan fingerprint density at radius 3 is 2.56 bits per heavy atom. The summed E-state index contributed by atoms with van der Waals surface area (Å²) in [5, 5.41) is 3.04. The van der Waals surface area contributed by atoms with Crippen LogP contribution in [-0.4, -0.2) is 49.0 Å². The molecule has 0 bridgehead atoms. The summed E-state index contributed by atoms with van der Waals surface area (Å²) >= 11 is 0.